The molecule has 0 aliphatic heterocycles. The number of aromatic nitrogens is 2. The third kappa shape index (κ3) is 3.06. The van der Waals surface area contributed by atoms with Crippen LogP contribution in [0.4, 0.5) is 5.95 Å². The molecule has 0 radical (unpaired) electrons. The molecule has 2 aromatic rings. The molecule has 1 aliphatic rings. The molecule has 0 bridgehead atoms. The van der Waals surface area contributed by atoms with E-state index >= 15 is 0 Å². The number of amides is 1. The van der Waals surface area contributed by atoms with E-state index in [2.05, 4.69) is 10.3 Å². The number of hydrogen-bond donors (Lipinski definition) is 2. The maximum absolute atomic E-state index is 12.5. The fraction of sp³-hybridized carbons (Fsp3) is 0.471. The maximum Gasteiger partial charge on any atom is 0.306 e. The summed E-state index contributed by atoms with van der Waals surface area (Å²) in [6.45, 7) is 2.74. The van der Waals surface area contributed by atoms with Crippen LogP contribution in [0.1, 0.15) is 32.6 Å². The van der Waals surface area contributed by atoms with E-state index in [4.69, 9.17) is 5.11 Å². The first kappa shape index (κ1) is 15.5. The minimum Gasteiger partial charge on any atom is -0.481 e. The van der Waals surface area contributed by atoms with Gasteiger partial charge in [0, 0.05) is 12.5 Å². The van der Waals surface area contributed by atoms with Crippen molar-refractivity contribution in [1.29, 1.82) is 0 Å². The molecule has 23 heavy (non-hydrogen) atoms. The van der Waals surface area contributed by atoms with E-state index in [1.807, 2.05) is 35.8 Å². The maximum atomic E-state index is 12.5. The Morgan fingerprint density at radius 3 is 2.52 bits per heavy atom. The molecule has 1 heterocycles. The molecule has 1 amide bonds. The molecule has 2 N–H and O–H groups in total. The van der Waals surface area contributed by atoms with Crippen LogP contribution in [-0.2, 0) is 16.1 Å². The summed E-state index contributed by atoms with van der Waals surface area (Å²) in [5.74, 6) is -0.676. The van der Waals surface area contributed by atoms with Crippen LogP contribution in [-0.4, -0.2) is 26.5 Å². The predicted molar refractivity (Wildman–Crippen MR) is 87.1 cm³/mol. The van der Waals surface area contributed by atoms with Gasteiger partial charge in [-0.15, -0.1) is 0 Å². The number of hydrogen-bond acceptors (Lipinski definition) is 3. The molecule has 3 rings (SSSR count). The molecule has 1 aliphatic carbocycles. The van der Waals surface area contributed by atoms with Gasteiger partial charge in [-0.1, -0.05) is 12.1 Å². The van der Waals surface area contributed by atoms with E-state index in [9.17, 15) is 9.59 Å². The van der Waals surface area contributed by atoms with Crippen LogP contribution in [0.25, 0.3) is 11.0 Å². The van der Waals surface area contributed by atoms with Crippen molar-refractivity contribution in [2.75, 3.05) is 5.32 Å². The van der Waals surface area contributed by atoms with Crippen LogP contribution in [0, 0.1) is 11.8 Å². The topological polar surface area (TPSA) is 84.2 Å². The summed E-state index contributed by atoms with van der Waals surface area (Å²) in [7, 11) is 0. The summed E-state index contributed by atoms with van der Waals surface area (Å²) in [6, 6.07) is 7.79. The first-order valence-corrected chi connectivity index (χ1v) is 8.09. The zero-order chi connectivity index (χ0) is 16.4. The normalized spacial score (nSPS) is 21.3. The van der Waals surface area contributed by atoms with E-state index in [-0.39, 0.29) is 17.7 Å². The SMILES string of the molecule is CCn1c(NC(=O)C2CCC(C(=O)O)CC2)nc2ccccc21. The van der Waals surface area contributed by atoms with E-state index in [0.717, 1.165) is 17.6 Å². The lowest BCUT2D eigenvalue weighted by molar-refractivity contribution is -0.143. The molecule has 1 saturated carbocycles. The van der Waals surface area contributed by atoms with Gasteiger partial charge in [0.15, 0.2) is 0 Å². The Kier molecular flexibility index (Phi) is 4.32. The molecule has 0 unspecified atom stereocenters. The van der Waals surface area contributed by atoms with Crippen LogP contribution < -0.4 is 5.32 Å². The van der Waals surface area contributed by atoms with Crippen molar-refractivity contribution >= 4 is 28.9 Å². The molecule has 6 heteroatoms. The number of benzene rings is 1. The summed E-state index contributed by atoms with van der Waals surface area (Å²) < 4.78 is 1.98. The van der Waals surface area contributed by atoms with E-state index < -0.39 is 5.97 Å². The number of imidazole rings is 1. The average Bonchev–Trinajstić information content (AvgIpc) is 2.91. The minimum absolute atomic E-state index is 0.0566. The van der Waals surface area contributed by atoms with Gasteiger partial charge in [0.05, 0.1) is 17.0 Å². The van der Waals surface area contributed by atoms with Crippen molar-refractivity contribution in [1.82, 2.24) is 9.55 Å². The lowest BCUT2D eigenvalue weighted by Crippen LogP contribution is -2.30. The summed E-state index contributed by atoms with van der Waals surface area (Å²) in [5, 5.41) is 12.0. The number of anilines is 1. The van der Waals surface area contributed by atoms with Crippen molar-refractivity contribution in [3.05, 3.63) is 24.3 Å². The van der Waals surface area contributed by atoms with Gasteiger partial charge in [0.25, 0.3) is 0 Å². The van der Waals surface area contributed by atoms with Gasteiger partial charge >= 0.3 is 5.97 Å². The molecular weight excluding hydrogens is 294 g/mol. The van der Waals surface area contributed by atoms with E-state index in [0.29, 0.717) is 31.6 Å². The Hall–Kier alpha value is -2.37. The number of fused-ring (bicyclic) bond motifs is 1. The smallest absolute Gasteiger partial charge is 0.306 e. The molecule has 1 fully saturated rings. The van der Waals surface area contributed by atoms with Crippen LogP contribution in [0.2, 0.25) is 0 Å². The van der Waals surface area contributed by atoms with E-state index in [1.54, 1.807) is 0 Å². The summed E-state index contributed by atoms with van der Waals surface area (Å²) in [5.41, 5.74) is 1.86. The quantitative estimate of drug-likeness (QED) is 0.908. The number of nitrogens with zero attached hydrogens (tertiary/aromatic N) is 2. The van der Waals surface area contributed by atoms with Crippen LogP contribution in [0.5, 0.6) is 0 Å². The first-order chi connectivity index (χ1) is 11.1. The number of aryl methyl sites for hydroxylation is 1. The van der Waals surface area contributed by atoms with Crippen molar-refractivity contribution in [2.24, 2.45) is 11.8 Å². The highest BCUT2D eigenvalue weighted by molar-refractivity contribution is 5.93. The van der Waals surface area contributed by atoms with Crippen molar-refractivity contribution in [2.45, 2.75) is 39.2 Å². The number of aliphatic carboxylic acids is 1. The highest BCUT2D eigenvalue weighted by Gasteiger charge is 2.30. The zero-order valence-corrected chi connectivity index (χ0v) is 13.2. The van der Waals surface area contributed by atoms with Gasteiger partial charge in [-0.3, -0.25) is 14.9 Å². The Morgan fingerprint density at radius 2 is 1.87 bits per heavy atom. The highest BCUT2D eigenvalue weighted by Crippen LogP contribution is 2.30. The molecule has 1 aromatic heterocycles. The predicted octanol–water partition coefficient (Wildman–Crippen LogP) is 2.89. The Labute approximate surface area is 134 Å². The third-order valence-electron chi connectivity index (χ3n) is 4.65. The molecule has 122 valence electrons. The van der Waals surface area contributed by atoms with E-state index in [1.165, 1.54) is 0 Å². The Bertz CT molecular complexity index is 730. The lowest BCUT2D eigenvalue weighted by Gasteiger charge is -2.25. The van der Waals surface area contributed by atoms with Crippen molar-refractivity contribution in [3.8, 4) is 0 Å². The third-order valence-corrected chi connectivity index (χ3v) is 4.65. The number of carbonyl (C=O) groups excluding carboxylic acids is 1. The second-order valence-electron chi connectivity index (χ2n) is 6.04. The number of carboxylic acid groups (broad SMARTS) is 1. The molecule has 6 nitrogen and oxygen atoms in total. The molecular formula is C17H21N3O3. The van der Waals surface area contributed by atoms with Gasteiger partial charge in [-0.2, -0.15) is 0 Å². The number of rotatable bonds is 4. The number of carboxylic acids is 1. The highest BCUT2D eigenvalue weighted by atomic mass is 16.4. The molecule has 0 spiro atoms. The monoisotopic (exact) mass is 315 g/mol. The summed E-state index contributed by atoms with van der Waals surface area (Å²) in [4.78, 5) is 28.0. The minimum atomic E-state index is -0.753. The Morgan fingerprint density at radius 1 is 1.22 bits per heavy atom. The van der Waals surface area contributed by atoms with Crippen LogP contribution in [0.15, 0.2) is 24.3 Å². The van der Waals surface area contributed by atoms with Crippen LogP contribution >= 0.6 is 0 Å². The molecule has 0 atom stereocenters. The second-order valence-corrected chi connectivity index (χ2v) is 6.04. The Balaban J connectivity index is 1.72. The summed E-state index contributed by atoms with van der Waals surface area (Å²) >= 11 is 0. The fourth-order valence-electron chi connectivity index (χ4n) is 3.31. The number of carbonyl (C=O) groups is 2. The van der Waals surface area contributed by atoms with Gasteiger partial charge < -0.3 is 9.67 Å². The van der Waals surface area contributed by atoms with Gasteiger partial charge in [-0.05, 0) is 44.7 Å². The van der Waals surface area contributed by atoms with Crippen molar-refractivity contribution < 1.29 is 14.7 Å². The van der Waals surface area contributed by atoms with Crippen molar-refractivity contribution in [3.63, 3.8) is 0 Å². The van der Waals surface area contributed by atoms with Crippen LogP contribution in [0.3, 0.4) is 0 Å². The standard InChI is InChI=1S/C17H21N3O3/c1-2-20-14-6-4-3-5-13(14)18-17(20)19-15(21)11-7-9-12(10-8-11)16(22)23/h3-6,11-12H,2,7-10H2,1H3,(H,22,23)(H,18,19,21). The first-order valence-electron chi connectivity index (χ1n) is 8.09. The lowest BCUT2D eigenvalue weighted by atomic mass is 9.81. The fourth-order valence-corrected chi connectivity index (χ4v) is 3.31. The largest absolute Gasteiger partial charge is 0.481 e. The van der Waals surface area contributed by atoms with Gasteiger partial charge in [-0.25, -0.2) is 4.98 Å². The van der Waals surface area contributed by atoms with Gasteiger partial charge in [0.1, 0.15) is 0 Å². The zero-order valence-electron chi connectivity index (χ0n) is 13.2. The summed E-state index contributed by atoms with van der Waals surface area (Å²) in [6.07, 6.45) is 2.37. The number of para-hydroxylation sites is 2. The van der Waals surface area contributed by atoms with Gasteiger partial charge in [0.2, 0.25) is 11.9 Å². The molecule has 0 saturated heterocycles. The number of nitrogens with one attached hydrogen (secondary N) is 1. The second kappa shape index (κ2) is 6.40. The molecule has 1 aromatic carbocycles. The average molecular weight is 315 g/mol.